The summed E-state index contributed by atoms with van der Waals surface area (Å²) in [6.45, 7) is 4.49. The molecule has 6 heteroatoms. The molecule has 176 valence electrons. The fraction of sp³-hybridized carbons (Fsp3) is 0.172. The minimum Gasteiger partial charge on any atom is -0.504 e. The van der Waals surface area contributed by atoms with E-state index in [1.54, 1.807) is 12.5 Å². The van der Waals surface area contributed by atoms with Gasteiger partial charge in [0, 0.05) is 24.3 Å². The molecule has 0 amide bonds. The molecule has 0 aliphatic heterocycles. The van der Waals surface area contributed by atoms with E-state index in [0.29, 0.717) is 23.3 Å². The van der Waals surface area contributed by atoms with Crippen molar-refractivity contribution < 1.29 is 5.11 Å². The number of pyridine rings is 1. The summed E-state index contributed by atoms with van der Waals surface area (Å²) >= 11 is 0. The van der Waals surface area contributed by atoms with Gasteiger partial charge in [0.1, 0.15) is 23.1 Å². The van der Waals surface area contributed by atoms with Gasteiger partial charge < -0.3 is 15.7 Å². The summed E-state index contributed by atoms with van der Waals surface area (Å²) in [4.78, 5) is 11.3. The number of aromatic hydroxyl groups is 1. The molecule has 0 fully saturated rings. The van der Waals surface area contributed by atoms with Crippen molar-refractivity contribution in [3.63, 3.8) is 0 Å². The maximum atomic E-state index is 11.3. The van der Waals surface area contributed by atoms with E-state index < -0.39 is 0 Å². The van der Waals surface area contributed by atoms with Crippen molar-refractivity contribution >= 4 is 11.0 Å². The molecular formula is C29H29N5O. The van der Waals surface area contributed by atoms with Crippen molar-refractivity contribution in [2.24, 2.45) is 5.73 Å². The fourth-order valence-corrected chi connectivity index (χ4v) is 4.38. The number of benzene rings is 3. The van der Waals surface area contributed by atoms with Crippen LogP contribution >= 0.6 is 0 Å². The molecule has 0 unspecified atom stereocenters. The highest BCUT2D eigenvalue weighted by Crippen LogP contribution is 2.36. The van der Waals surface area contributed by atoms with E-state index in [2.05, 4.69) is 65.2 Å². The van der Waals surface area contributed by atoms with Gasteiger partial charge in [-0.05, 0) is 48.0 Å². The average Bonchev–Trinajstić information content (AvgIpc) is 3.34. The van der Waals surface area contributed by atoms with Gasteiger partial charge >= 0.3 is 0 Å². The van der Waals surface area contributed by atoms with Crippen LogP contribution in [-0.4, -0.2) is 38.1 Å². The predicted molar refractivity (Wildman–Crippen MR) is 141 cm³/mol. The van der Waals surface area contributed by atoms with Gasteiger partial charge in [-0.25, -0.2) is 9.97 Å². The lowest BCUT2D eigenvalue weighted by Gasteiger charge is -2.17. The van der Waals surface area contributed by atoms with Gasteiger partial charge in [0.25, 0.3) is 0 Å². The van der Waals surface area contributed by atoms with Gasteiger partial charge in [-0.15, -0.1) is 0 Å². The van der Waals surface area contributed by atoms with Gasteiger partial charge in [0.05, 0.1) is 6.20 Å². The minimum atomic E-state index is 0.107. The van der Waals surface area contributed by atoms with Crippen LogP contribution in [0.4, 0.5) is 0 Å². The first-order valence-corrected chi connectivity index (χ1v) is 11.8. The molecule has 0 atom stereocenters. The molecule has 2 heterocycles. The molecular weight excluding hydrogens is 434 g/mol. The van der Waals surface area contributed by atoms with Crippen LogP contribution in [0.15, 0.2) is 85.3 Å². The van der Waals surface area contributed by atoms with E-state index in [-0.39, 0.29) is 5.75 Å². The molecule has 3 N–H and O–H groups in total. The Kier molecular flexibility index (Phi) is 6.31. The summed E-state index contributed by atoms with van der Waals surface area (Å²) in [7, 11) is 2.13. The quantitative estimate of drug-likeness (QED) is 0.339. The van der Waals surface area contributed by atoms with Crippen LogP contribution in [0.2, 0.25) is 0 Å². The van der Waals surface area contributed by atoms with Crippen LogP contribution in [0.1, 0.15) is 18.1 Å². The highest BCUT2D eigenvalue weighted by Gasteiger charge is 2.16. The van der Waals surface area contributed by atoms with E-state index in [1.165, 1.54) is 11.1 Å². The molecule has 3 aromatic carbocycles. The topological polar surface area (TPSA) is 80.2 Å². The number of nitrogens with zero attached hydrogens (tertiary/aromatic N) is 4. The Morgan fingerprint density at radius 1 is 0.943 bits per heavy atom. The van der Waals surface area contributed by atoms with E-state index in [0.717, 1.165) is 35.5 Å². The fourth-order valence-electron chi connectivity index (χ4n) is 4.38. The molecule has 0 bridgehead atoms. The van der Waals surface area contributed by atoms with Crippen molar-refractivity contribution in [1.29, 1.82) is 0 Å². The first-order chi connectivity index (χ1) is 17.1. The van der Waals surface area contributed by atoms with Gasteiger partial charge in [-0.3, -0.25) is 4.57 Å². The number of imidazole rings is 1. The summed E-state index contributed by atoms with van der Waals surface area (Å²) < 4.78 is 1.88. The number of hydrogen-bond donors (Lipinski definition) is 2. The van der Waals surface area contributed by atoms with Gasteiger partial charge in [0.15, 0.2) is 5.75 Å². The van der Waals surface area contributed by atoms with Gasteiger partial charge in [-0.2, -0.15) is 0 Å². The predicted octanol–water partition coefficient (Wildman–Crippen LogP) is 5.37. The van der Waals surface area contributed by atoms with Crippen LogP contribution in [0.5, 0.6) is 5.75 Å². The second kappa shape index (κ2) is 9.70. The van der Waals surface area contributed by atoms with Crippen molar-refractivity contribution in [2.45, 2.75) is 20.0 Å². The average molecular weight is 464 g/mol. The number of aromatic nitrogens is 3. The zero-order valence-electron chi connectivity index (χ0n) is 20.0. The number of rotatable bonds is 7. The standard InChI is InChI=1S/C29H29N5O/c1-3-33(2)18-23-8-4-5-10-25(23)21-11-13-22(14-12-21)27-29(35)28-26(17-31-27)32-19-34(28)24-9-6-7-20(15-24)16-30/h4-15,17,19,35H,3,16,18,30H2,1-2H3. The minimum absolute atomic E-state index is 0.107. The molecule has 6 nitrogen and oxygen atoms in total. The molecule has 0 saturated carbocycles. The Hall–Kier alpha value is -4.00. The normalized spacial score (nSPS) is 11.4. The third kappa shape index (κ3) is 4.41. The molecule has 2 aromatic heterocycles. The first-order valence-electron chi connectivity index (χ1n) is 11.8. The first kappa shape index (κ1) is 22.8. The lowest BCUT2D eigenvalue weighted by Crippen LogP contribution is -2.17. The number of fused-ring (bicyclic) bond motifs is 1. The van der Waals surface area contributed by atoms with Gasteiger partial charge in [-0.1, -0.05) is 67.6 Å². The summed E-state index contributed by atoms with van der Waals surface area (Å²) in [6.07, 6.45) is 3.41. The molecule has 0 spiro atoms. The molecule has 35 heavy (non-hydrogen) atoms. The molecule has 0 aliphatic carbocycles. The summed E-state index contributed by atoms with van der Waals surface area (Å²) in [5, 5.41) is 11.3. The number of nitrogens with two attached hydrogens (primary N) is 1. The molecule has 0 radical (unpaired) electrons. The van der Waals surface area contributed by atoms with Crippen molar-refractivity contribution in [2.75, 3.05) is 13.6 Å². The maximum Gasteiger partial charge on any atom is 0.168 e. The molecule has 5 rings (SSSR count). The van der Waals surface area contributed by atoms with Crippen LogP contribution in [0.3, 0.4) is 0 Å². The summed E-state index contributed by atoms with van der Waals surface area (Å²) in [5.74, 6) is 0.107. The Balaban J connectivity index is 1.53. The highest BCUT2D eigenvalue weighted by atomic mass is 16.3. The Bertz CT molecular complexity index is 1470. The third-order valence-electron chi connectivity index (χ3n) is 6.45. The van der Waals surface area contributed by atoms with Crippen LogP contribution in [-0.2, 0) is 13.1 Å². The van der Waals surface area contributed by atoms with Crippen LogP contribution in [0, 0.1) is 0 Å². The van der Waals surface area contributed by atoms with E-state index in [4.69, 9.17) is 5.73 Å². The van der Waals surface area contributed by atoms with Crippen molar-refractivity contribution in [3.05, 3.63) is 96.4 Å². The lowest BCUT2D eigenvalue weighted by atomic mass is 9.97. The van der Waals surface area contributed by atoms with E-state index >= 15 is 0 Å². The highest BCUT2D eigenvalue weighted by molar-refractivity contribution is 5.89. The SMILES string of the molecule is CCN(C)Cc1ccccc1-c1ccc(-c2ncc3ncn(-c4cccc(CN)c4)c3c2O)cc1. The van der Waals surface area contributed by atoms with Crippen LogP contribution < -0.4 is 5.73 Å². The molecule has 5 aromatic rings. The smallest absolute Gasteiger partial charge is 0.168 e. The second-order valence-electron chi connectivity index (χ2n) is 8.74. The zero-order valence-corrected chi connectivity index (χ0v) is 20.0. The lowest BCUT2D eigenvalue weighted by molar-refractivity contribution is 0.346. The maximum absolute atomic E-state index is 11.3. The molecule has 0 aliphatic rings. The van der Waals surface area contributed by atoms with E-state index in [9.17, 15) is 5.11 Å². The zero-order chi connectivity index (χ0) is 24.4. The van der Waals surface area contributed by atoms with Crippen molar-refractivity contribution in [3.8, 4) is 33.8 Å². The second-order valence-corrected chi connectivity index (χ2v) is 8.74. The molecule has 0 saturated heterocycles. The number of hydrogen-bond acceptors (Lipinski definition) is 5. The van der Waals surface area contributed by atoms with Crippen LogP contribution in [0.25, 0.3) is 39.1 Å². The summed E-state index contributed by atoms with van der Waals surface area (Å²) in [5.41, 5.74) is 14.0. The van der Waals surface area contributed by atoms with E-state index in [1.807, 2.05) is 41.0 Å². The van der Waals surface area contributed by atoms with Crippen molar-refractivity contribution in [1.82, 2.24) is 19.4 Å². The monoisotopic (exact) mass is 463 g/mol. The largest absolute Gasteiger partial charge is 0.504 e. The third-order valence-corrected chi connectivity index (χ3v) is 6.45. The Morgan fingerprint density at radius 3 is 2.49 bits per heavy atom. The Labute approximate surface area is 205 Å². The summed E-state index contributed by atoms with van der Waals surface area (Å²) in [6, 6.07) is 24.6. The van der Waals surface area contributed by atoms with Gasteiger partial charge in [0.2, 0.25) is 0 Å². The Morgan fingerprint density at radius 2 is 1.71 bits per heavy atom.